The molecule has 0 radical (unpaired) electrons. The Balaban J connectivity index is 1.46. The molecular weight excluding hydrogens is 600 g/mol. The molecule has 0 bridgehead atoms. The van der Waals surface area contributed by atoms with E-state index in [0.717, 1.165) is 29.5 Å². The number of methoxy groups -OCH3 is 3. The lowest BCUT2D eigenvalue weighted by molar-refractivity contribution is -0.132. The monoisotopic (exact) mass is 644 g/mol. The van der Waals surface area contributed by atoms with Gasteiger partial charge in [0.05, 0.1) is 39.3 Å². The average molecular weight is 645 g/mol. The van der Waals surface area contributed by atoms with E-state index in [1.807, 2.05) is 12.1 Å². The van der Waals surface area contributed by atoms with Crippen molar-refractivity contribution in [1.29, 1.82) is 0 Å². The quantitative estimate of drug-likeness (QED) is 0.334. The van der Waals surface area contributed by atoms with Crippen molar-refractivity contribution in [2.24, 2.45) is 0 Å². The third-order valence-corrected chi connectivity index (χ3v) is 9.66. The molecule has 1 heterocycles. The highest BCUT2D eigenvalue weighted by atomic mass is 32.2. The van der Waals surface area contributed by atoms with Crippen molar-refractivity contribution in [3.63, 3.8) is 0 Å². The third kappa shape index (κ3) is 8.06. The number of anilines is 1. The highest BCUT2D eigenvalue weighted by molar-refractivity contribution is 7.88. The molecular formula is C32H44N4O8S. The Morgan fingerprint density at radius 1 is 0.956 bits per heavy atom. The molecule has 2 amide bonds. The van der Waals surface area contributed by atoms with Crippen LogP contribution in [0.2, 0.25) is 0 Å². The van der Waals surface area contributed by atoms with Crippen molar-refractivity contribution in [3.05, 3.63) is 45.6 Å². The second-order valence-electron chi connectivity index (χ2n) is 11.4. The molecule has 45 heavy (non-hydrogen) atoms. The number of nitrogens with zero attached hydrogens (tertiary/aromatic N) is 2. The van der Waals surface area contributed by atoms with Crippen LogP contribution in [0, 0.1) is 0 Å². The van der Waals surface area contributed by atoms with Gasteiger partial charge in [-0.15, -0.1) is 0 Å². The fraction of sp³-hybridized carbons (Fsp3) is 0.531. The van der Waals surface area contributed by atoms with E-state index in [2.05, 4.69) is 10.6 Å². The Hall–Kier alpha value is -3.84. The van der Waals surface area contributed by atoms with E-state index in [0.29, 0.717) is 86.9 Å². The van der Waals surface area contributed by atoms with Gasteiger partial charge in [-0.25, -0.2) is 8.42 Å². The zero-order chi connectivity index (χ0) is 32.7. The van der Waals surface area contributed by atoms with Crippen LogP contribution in [0.4, 0.5) is 5.69 Å². The molecule has 1 aliphatic heterocycles. The summed E-state index contributed by atoms with van der Waals surface area (Å²) in [6.07, 6.45) is 5.04. The molecule has 1 unspecified atom stereocenters. The third-order valence-electron chi connectivity index (χ3n) is 8.36. The van der Waals surface area contributed by atoms with Crippen LogP contribution < -0.4 is 30.3 Å². The maximum absolute atomic E-state index is 13.5. The zero-order valence-electron chi connectivity index (χ0n) is 26.7. The van der Waals surface area contributed by atoms with Gasteiger partial charge in [0, 0.05) is 51.6 Å². The minimum absolute atomic E-state index is 0.0354. The summed E-state index contributed by atoms with van der Waals surface area (Å²) < 4.78 is 41.9. The number of rotatable bonds is 12. The molecule has 12 nitrogen and oxygen atoms in total. The van der Waals surface area contributed by atoms with Crippen molar-refractivity contribution in [2.45, 2.75) is 51.5 Å². The number of unbranched alkanes of at least 4 members (excludes halogenated alkanes) is 2. The number of carbonyl (C=O) groups is 2. The molecule has 2 aromatic rings. The van der Waals surface area contributed by atoms with E-state index in [1.165, 1.54) is 17.5 Å². The molecule has 2 aromatic carbocycles. The number of sulfonamides is 1. The number of hydrogen-bond donors (Lipinski definition) is 2. The van der Waals surface area contributed by atoms with Crippen molar-refractivity contribution in [1.82, 2.24) is 14.5 Å². The topological polar surface area (TPSA) is 144 Å². The maximum atomic E-state index is 13.5. The van der Waals surface area contributed by atoms with E-state index in [9.17, 15) is 22.8 Å². The predicted octanol–water partition coefficient (Wildman–Crippen LogP) is 2.94. The van der Waals surface area contributed by atoms with Gasteiger partial charge in [-0.1, -0.05) is 12.5 Å². The first-order valence-corrected chi connectivity index (χ1v) is 17.1. The summed E-state index contributed by atoms with van der Waals surface area (Å²) in [6.45, 7) is 3.49. The van der Waals surface area contributed by atoms with Gasteiger partial charge in [-0.2, -0.15) is 4.31 Å². The number of amides is 2. The van der Waals surface area contributed by atoms with Crippen LogP contribution in [0.15, 0.2) is 29.1 Å². The predicted molar refractivity (Wildman–Crippen MR) is 173 cm³/mol. The number of fused-ring (bicyclic) bond motifs is 3. The van der Waals surface area contributed by atoms with Gasteiger partial charge < -0.3 is 29.7 Å². The maximum Gasteiger partial charge on any atom is 0.222 e. The van der Waals surface area contributed by atoms with Gasteiger partial charge in [0.25, 0.3) is 0 Å². The van der Waals surface area contributed by atoms with E-state index in [1.54, 1.807) is 38.4 Å². The number of carbonyl (C=O) groups excluding carboxylic acids is 2. The summed E-state index contributed by atoms with van der Waals surface area (Å²) in [5, 5.41) is 6.27. The summed E-state index contributed by atoms with van der Waals surface area (Å²) >= 11 is 0. The zero-order valence-corrected chi connectivity index (χ0v) is 27.6. The number of ether oxygens (including phenoxy) is 3. The summed E-state index contributed by atoms with van der Waals surface area (Å²) in [5.74, 6) is 1.33. The molecule has 1 aliphatic carbocycles. The second-order valence-corrected chi connectivity index (χ2v) is 13.4. The van der Waals surface area contributed by atoms with Crippen LogP contribution in [0.5, 0.6) is 17.2 Å². The smallest absolute Gasteiger partial charge is 0.222 e. The first-order valence-electron chi connectivity index (χ1n) is 15.2. The number of hydrogen-bond acceptors (Lipinski definition) is 9. The molecule has 2 N–H and O–H groups in total. The van der Waals surface area contributed by atoms with Crippen LogP contribution in [-0.4, -0.2) is 89.7 Å². The Bertz CT molecular complexity index is 1570. The van der Waals surface area contributed by atoms with Crippen molar-refractivity contribution in [2.75, 3.05) is 65.6 Å². The minimum Gasteiger partial charge on any atom is -0.493 e. The molecule has 1 atom stereocenters. The number of piperazine rings is 1. The lowest BCUT2D eigenvalue weighted by atomic mass is 9.95. The fourth-order valence-corrected chi connectivity index (χ4v) is 6.91. The van der Waals surface area contributed by atoms with Crippen molar-refractivity contribution < 1.29 is 32.2 Å². The van der Waals surface area contributed by atoms with Gasteiger partial charge in [-0.05, 0) is 60.6 Å². The van der Waals surface area contributed by atoms with Gasteiger partial charge >= 0.3 is 0 Å². The first kappa shape index (κ1) is 34.0. The van der Waals surface area contributed by atoms with E-state index in [-0.39, 0.29) is 23.3 Å². The largest absolute Gasteiger partial charge is 0.493 e. The molecule has 246 valence electrons. The van der Waals surface area contributed by atoms with Crippen molar-refractivity contribution in [3.8, 4) is 28.4 Å². The van der Waals surface area contributed by atoms with E-state index < -0.39 is 10.0 Å². The van der Waals surface area contributed by atoms with E-state index >= 15 is 0 Å². The van der Waals surface area contributed by atoms with Crippen LogP contribution >= 0.6 is 0 Å². The SMILES string of the molecule is COc1cc2c(c(OC)c1OC)-c1ccc(NCCCCCC(=O)N3CCN(S(C)(=O)=O)CC3)c(=O)cc1C(NC(C)=O)CC2. The molecule has 1 saturated heterocycles. The molecule has 1 fully saturated rings. The first-order chi connectivity index (χ1) is 21.5. The number of aryl methyl sites for hydroxylation is 1. The Morgan fingerprint density at radius 2 is 1.67 bits per heavy atom. The number of benzene rings is 1. The average Bonchev–Trinajstić information content (AvgIpc) is 3.25. The fourth-order valence-electron chi connectivity index (χ4n) is 6.08. The van der Waals surface area contributed by atoms with E-state index in [4.69, 9.17) is 14.2 Å². The summed E-state index contributed by atoms with van der Waals surface area (Å²) in [4.78, 5) is 39.9. The van der Waals surface area contributed by atoms with Crippen LogP contribution in [-0.2, 0) is 26.0 Å². The molecule has 2 aliphatic rings. The van der Waals surface area contributed by atoms with Gasteiger partial charge in [0.2, 0.25) is 33.0 Å². The van der Waals surface area contributed by atoms with Crippen LogP contribution in [0.3, 0.4) is 0 Å². The van der Waals surface area contributed by atoms with Crippen LogP contribution in [0.1, 0.15) is 56.2 Å². The summed E-state index contributed by atoms with van der Waals surface area (Å²) in [7, 11) is 1.44. The van der Waals surface area contributed by atoms with Crippen LogP contribution in [0.25, 0.3) is 11.1 Å². The summed E-state index contributed by atoms with van der Waals surface area (Å²) in [6, 6.07) is 6.77. The molecule has 0 spiro atoms. The standard InChI is InChI=1S/C32H44N4O8S/c1-21(37)34-25-12-10-22-19-28(42-2)31(43-3)32(44-4)30(22)23-11-13-26(27(38)20-24(23)25)33-14-8-6-7-9-29(39)35-15-17-36(18-16-35)45(5,40)41/h11,13,19-20,25H,6-10,12,14-18H2,1-5H3,(H,33,38)(H,34,37). The highest BCUT2D eigenvalue weighted by Crippen LogP contribution is 2.50. The van der Waals surface area contributed by atoms with Gasteiger partial charge in [-0.3, -0.25) is 14.4 Å². The van der Waals surface area contributed by atoms with Crippen molar-refractivity contribution >= 4 is 27.5 Å². The molecule has 0 saturated carbocycles. The Kier molecular flexibility index (Phi) is 11.3. The second kappa shape index (κ2) is 15.0. The number of nitrogens with one attached hydrogen (secondary N) is 2. The molecule has 4 rings (SSSR count). The van der Waals surface area contributed by atoms with Gasteiger partial charge in [0.15, 0.2) is 11.5 Å². The highest BCUT2D eigenvalue weighted by Gasteiger charge is 2.30. The Morgan fingerprint density at radius 3 is 2.29 bits per heavy atom. The lowest BCUT2D eigenvalue weighted by Crippen LogP contribution is -2.50. The molecule has 13 heteroatoms. The Labute approximate surface area is 265 Å². The van der Waals surface area contributed by atoms with Gasteiger partial charge in [0.1, 0.15) is 0 Å². The minimum atomic E-state index is -3.23. The lowest BCUT2D eigenvalue weighted by Gasteiger charge is -2.33. The molecule has 0 aromatic heterocycles. The summed E-state index contributed by atoms with van der Waals surface area (Å²) in [5.41, 5.74) is 3.45. The normalized spacial score (nSPS) is 16.6.